The lowest BCUT2D eigenvalue weighted by atomic mass is 9.81. The number of carboxylic acid groups (broad SMARTS) is 1. The van der Waals surface area contributed by atoms with Gasteiger partial charge in [-0.1, -0.05) is 6.92 Å². The average Bonchev–Trinajstić information content (AvgIpc) is 2.47. The number of anilines is 1. The molecular weight excluding hydrogens is 274 g/mol. The standard InChI is InChI=1S/C15H19NO5/c1-15(5-7-21-8-6-15)14(19)16-10-3-4-11(13(17)18)12(9-10)20-2/h3-4,9H,5-8H2,1-2H3,(H,16,19)(H,17,18). The molecule has 0 atom stereocenters. The van der Waals surface area contributed by atoms with Crippen LogP contribution in [0.25, 0.3) is 0 Å². The molecule has 114 valence electrons. The van der Waals surface area contributed by atoms with E-state index in [9.17, 15) is 9.59 Å². The van der Waals surface area contributed by atoms with Crippen molar-refractivity contribution in [2.45, 2.75) is 19.8 Å². The Bertz CT molecular complexity index is 549. The minimum absolute atomic E-state index is 0.0628. The van der Waals surface area contributed by atoms with Crippen LogP contribution in [0.15, 0.2) is 18.2 Å². The van der Waals surface area contributed by atoms with Crippen LogP contribution in [0.2, 0.25) is 0 Å². The van der Waals surface area contributed by atoms with Gasteiger partial charge in [-0.25, -0.2) is 4.79 Å². The van der Waals surface area contributed by atoms with Gasteiger partial charge >= 0.3 is 5.97 Å². The van der Waals surface area contributed by atoms with Crippen LogP contribution in [0.3, 0.4) is 0 Å². The molecule has 2 N–H and O–H groups in total. The normalized spacial score (nSPS) is 17.0. The number of hydrogen-bond donors (Lipinski definition) is 2. The van der Waals surface area contributed by atoms with Gasteiger partial charge in [0, 0.05) is 25.0 Å². The van der Waals surface area contributed by atoms with E-state index in [1.54, 1.807) is 6.07 Å². The first-order valence-electron chi connectivity index (χ1n) is 6.77. The third-order valence-electron chi connectivity index (χ3n) is 3.83. The summed E-state index contributed by atoms with van der Waals surface area (Å²) in [5.74, 6) is -0.936. The highest BCUT2D eigenvalue weighted by Gasteiger charge is 2.35. The van der Waals surface area contributed by atoms with Crippen molar-refractivity contribution < 1.29 is 24.2 Å². The van der Waals surface area contributed by atoms with Gasteiger partial charge in [0.15, 0.2) is 0 Å². The molecule has 0 bridgehead atoms. The molecule has 0 spiro atoms. The number of hydrogen-bond acceptors (Lipinski definition) is 4. The summed E-state index contributed by atoms with van der Waals surface area (Å²) >= 11 is 0. The molecule has 0 aliphatic carbocycles. The fourth-order valence-electron chi connectivity index (χ4n) is 2.28. The number of amides is 1. The number of aromatic carboxylic acids is 1. The molecule has 2 rings (SSSR count). The lowest BCUT2D eigenvalue weighted by Crippen LogP contribution is -2.38. The van der Waals surface area contributed by atoms with E-state index < -0.39 is 11.4 Å². The Morgan fingerprint density at radius 3 is 2.57 bits per heavy atom. The summed E-state index contributed by atoms with van der Waals surface area (Å²) in [6, 6.07) is 4.50. The molecule has 6 nitrogen and oxygen atoms in total. The quantitative estimate of drug-likeness (QED) is 0.888. The second-order valence-corrected chi connectivity index (χ2v) is 5.35. The van der Waals surface area contributed by atoms with Crippen molar-refractivity contribution in [1.82, 2.24) is 0 Å². The van der Waals surface area contributed by atoms with Crippen LogP contribution in [-0.2, 0) is 9.53 Å². The van der Waals surface area contributed by atoms with E-state index in [0.717, 1.165) is 0 Å². The highest BCUT2D eigenvalue weighted by Crippen LogP contribution is 2.32. The van der Waals surface area contributed by atoms with Crippen LogP contribution in [0.4, 0.5) is 5.69 Å². The minimum atomic E-state index is -1.07. The Balaban J connectivity index is 2.16. The van der Waals surface area contributed by atoms with E-state index >= 15 is 0 Å². The van der Waals surface area contributed by atoms with E-state index in [4.69, 9.17) is 14.6 Å². The van der Waals surface area contributed by atoms with Crippen LogP contribution in [0, 0.1) is 5.41 Å². The fourth-order valence-corrected chi connectivity index (χ4v) is 2.28. The highest BCUT2D eigenvalue weighted by molar-refractivity contribution is 5.97. The van der Waals surface area contributed by atoms with E-state index in [0.29, 0.717) is 31.7 Å². The Morgan fingerprint density at radius 2 is 2.00 bits per heavy atom. The molecule has 0 aromatic heterocycles. The lowest BCUT2D eigenvalue weighted by Gasteiger charge is -2.32. The number of benzene rings is 1. The number of nitrogens with one attached hydrogen (secondary N) is 1. The number of ether oxygens (including phenoxy) is 2. The van der Waals surface area contributed by atoms with Crippen molar-refractivity contribution in [1.29, 1.82) is 0 Å². The third kappa shape index (κ3) is 3.33. The van der Waals surface area contributed by atoms with Crippen LogP contribution in [0.1, 0.15) is 30.1 Å². The van der Waals surface area contributed by atoms with Crippen molar-refractivity contribution in [2.24, 2.45) is 5.41 Å². The van der Waals surface area contributed by atoms with Crippen molar-refractivity contribution in [2.75, 3.05) is 25.6 Å². The largest absolute Gasteiger partial charge is 0.496 e. The molecule has 1 aliphatic heterocycles. The van der Waals surface area contributed by atoms with Gasteiger partial charge in [0.25, 0.3) is 0 Å². The lowest BCUT2D eigenvalue weighted by molar-refractivity contribution is -0.129. The molecule has 1 saturated heterocycles. The zero-order valence-corrected chi connectivity index (χ0v) is 12.1. The van der Waals surface area contributed by atoms with Gasteiger partial charge in [0.2, 0.25) is 5.91 Å². The SMILES string of the molecule is COc1cc(NC(=O)C2(C)CCOCC2)ccc1C(=O)O. The Kier molecular flexibility index (Phi) is 4.47. The zero-order chi connectivity index (χ0) is 15.5. The van der Waals surface area contributed by atoms with Crippen LogP contribution >= 0.6 is 0 Å². The van der Waals surface area contributed by atoms with Crippen LogP contribution < -0.4 is 10.1 Å². The molecule has 1 heterocycles. The first-order chi connectivity index (χ1) is 9.96. The molecule has 1 amide bonds. The summed E-state index contributed by atoms with van der Waals surface area (Å²) in [5, 5.41) is 11.9. The number of carboxylic acids is 1. The van der Waals surface area contributed by atoms with Gasteiger partial charge in [0.05, 0.1) is 12.5 Å². The maximum absolute atomic E-state index is 12.4. The smallest absolute Gasteiger partial charge is 0.339 e. The van der Waals surface area contributed by atoms with E-state index in [-0.39, 0.29) is 17.2 Å². The fraction of sp³-hybridized carbons (Fsp3) is 0.467. The Labute approximate surface area is 123 Å². The molecule has 0 saturated carbocycles. The maximum Gasteiger partial charge on any atom is 0.339 e. The van der Waals surface area contributed by atoms with Gasteiger partial charge in [-0.2, -0.15) is 0 Å². The zero-order valence-electron chi connectivity index (χ0n) is 12.1. The van der Waals surface area contributed by atoms with Gasteiger partial charge in [-0.15, -0.1) is 0 Å². The number of carbonyl (C=O) groups is 2. The summed E-state index contributed by atoms with van der Waals surface area (Å²) in [6.07, 6.45) is 1.34. The van der Waals surface area contributed by atoms with Gasteiger partial charge in [0.1, 0.15) is 11.3 Å². The monoisotopic (exact) mass is 293 g/mol. The maximum atomic E-state index is 12.4. The predicted octanol–water partition coefficient (Wildman–Crippen LogP) is 2.15. The summed E-state index contributed by atoms with van der Waals surface area (Å²) in [4.78, 5) is 23.4. The molecule has 21 heavy (non-hydrogen) atoms. The third-order valence-corrected chi connectivity index (χ3v) is 3.83. The van der Waals surface area contributed by atoms with E-state index in [2.05, 4.69) is 5.32 Å². The van der Waals surface area contributed by atoms with Crippen molar-refractivity contribution >= 4 is 17.6 Å². The molecular formula is C15H19NO5. The van der Waals surface area contributed by atoms with Gasteiger partial charge in [-0.3, -0.25) is 4.79 Å². The molecule has 0 radical (unpaired) electrons. The molecule has 1 fully saturated rings. The summed E-state index contributed by atoms with van der Waals surface area (Å²) < 4.78 is 10.3. The first kappa shape index (κ1) is 15.3. The molecule has 1 aromatic rings. The van der Waals surface area contributed by atoms with Crippen molar-refractivity contribution in [3.63, 3.8) is 0 Å². The Morgan fingerprint density at radius 1 is 1.33 bits per heavy atom. The highest BCUT2D eigenvalue weighted by atomic mass is 16.5. The van der Waals surface area contributed by atoms with Crippen molar-refractivity contribution in [3.8, 4) is 5.75 Å². The number of carbonyl (C=O) groups excluding carboxylic acids is 1. The second-order valence-electron chi connectivity index (χ2n) is 5.35. The molecule has 0 unspecified atom stereocenters. The minimum Gasteiger partial charge on any atom is -0.496 e. The van der Waals surface area contributed by atoms with Crippen molar-refractivity contribution in [3.05, 3.63) is 23.8 Å². The van der Waals surface area contributed by atoms with Crippen LogP contribution in [0.5, 0.6) is 5.75 Å². The van der Waals surface area contributed by atoms with Gasteiger partial charge in [-0.05, 0) is 25.0 Å². The molecule has 1 aromatic carbocycles. The second kappa shape index (κ2) is 6.13. The topological polar surface area (TPSA) is 84.9 Å². The van der Waals surface area contributed by atoms with E-state index in [1.165, 1.54) is 19.2 Å². The Hall–Kier alpha value is -2.08. The van der Waals surface area contributed by atoms with E-state index in [1.807, 2.05) is 6.92 Å². The number of methoxy groups -OCH3 is 1. The summed E-state index contributed by atoms with van der Waals surface area (Å²) in [5.41, 5.74) is 0.124. The van der Waals surface area contributed by atoms with Gasteiger partial charge < -0.3 is 19.9 Å². The summed E-state index contributed by atoms with van der Waals surface area (Å²) in [6.45, 7) is 3.06. The average molecular weight is 293 g/mol. The van der Waals surface area contributed by atoms with Crippen LogP contribution in [-0.4, -0.2) is 37.3 Å². The predicted molar refractivity (Wildman–Crippen MR) is 76.7 cm³/mol. The molecule has 1 aliphatic rings. The number of rotatable bonds is 4. The first-order valence-corrected chi connectivity index (χ1v) is 6.77. The summed E-state index contributed by atoms with van der Waals surface area (Å²) in [7, 11) is 1.40. The molecule has 6 heteroatoms.